The molecule has 2 heterocycles. The highest BCUT2D eigenvalue weighted by Gasteiger charge is 2.25. The molecule has 0 saturated heterocycles. The van der Waals surface area contributed by atoms with Gasteiger partial charge in [0.15, 0.2) is 0 Å². The average Bonchev–Trinajstić information content (AvgIpc) is 3.44. The Bertz CT molecular complexity index is 2340. The number of nitriles is 2. The first kappa shape index (κ1) is 24.8. The van der Waals surface area contributed by atoms with E-state index in [4.69, 9.17) is 0 Å². The molecule has 6 aromatic rings. The first-order chi connectivity index (χ1) is 21.3. The Hall–Kier alpha value is -6.02. The smallest absolute Gasteiger partial charge is 0.105 e. The van der Waals surface area contributed by atoms with E-state index in [-0.39, 0.29) is 0 Å². The van der Waals surface area contributed by atoms with E-state index in [1.807, 2.05) is 12.1 Å². The normalized spacial score (nSPS) is 14.1. The molecule has 0 N–H and O–H groups in total. The molecule has 0 saturated carbocycles. The zero-order valence-electron chi connectivity index (χ0n) is 23.3. The summed E-state index contributed by atoms with van der Waals surface area (Å²) in [7, 11) is 0. The Kier molecular flexibility index (Phi) is 5.65. The van der Waals surface area contributed by atoms with Crippen molar-refractivity contribution >= 4 is 50.1 Å². The van der Waals surface area contributed by atoms with E-state index in [1.54, 1.807) is 0 Å². The Morgan fingerprint density at radius 3 is 2.07 bits per heavy atom. The van der Waals surface area contributed by atoms with Gasteiger partial charge in [0.2, 0.25) is 0 Å². The molecule has 0 atom stereocenters. The van der Waals surface area contributed by atoms with Gasteiger partial charge in [-0.2, -0.15) is 10.5 Å². The summed E-state index contributed by atoms with van der Waals surface area (Å²) in [6, 6.07) is 36.0. The molecule has 43 heavy (non-hydrogen) atoms. The lowest BCUT2D eigenvalue weighted by atomic mass is 9.89. The standard InChI is InChI=1S/C39H24N4/c40-24-26-18-20-32(38(22-26)42-34-14-3-1-2-10-28(34)29-11-4-7-15-35(29)42)33-21-19-27(25-41)23-39(33)43-36-16-8-5-12-30(36)31-13-6-9-17-37(31)43/h2,4-13,15-18,20,22-23H,1,19,21H2. The second kappa shape index (κ2) is 9.81. The fraction of sp³-hybridized carbons (Fsp3) is 0.0769. The van der Waals surface area contributed by atoms with Gasteiger partial charge < -0.3 is 9.13 Å². The lowest BCUT2D eigenvalue weighted by Crippen LogP contribution is -2.08. The molecule has 0 unspecified atom stereocenters. The molecule has 8 rings (SSSR count). The molecule has 0 aliphatic heterocycles. The molecule has 2 aromatic heterocycles. The van der Waals surface area contributed by atoms with Crippen LogP contribution in [0.15, 0.2) is 109 Å². The van der Waals surface area contributed by atoms with Crippen LogP contribution in [0.1, 0.15) is 41.6 Å². The van der Waals surface area contributed by atoms with Crippen LogP contribution in [0.4, 0.5) is 0 Å². The van der Waals surface area contributed by atoms with Gasteiger partial charge in [-0.05, 0) is 60.7 Å². The highest BCUT2D eigenvalue weighted by Crippen LogP contribution is 2.42. The summed E-state index contributed by atoms with van der Waals surface area (Å²) in [5.74, 6) is 6.75. The van der Waals surface area contributed by atoms with Crippen molar-refractivity contribution in [2.24, 2.45) is 0 Å². The van der Waals surface area contributed by atoms with Crippen LogP contribution in [0.5, 0.6) is 0 Å². The second-order valence-electron chi connectivity index (χ2n) is 10.9. The van der Waals surface area contributed by atoms with Gasteiger partial charge in [-0.1, -0.05) is 78.7 Å². The number of allylic oxidation sites excluding steroid dienone is 5. The highest BCUT2D eigenvalue weighted by atomic mass is 15.0. The summed E-state index contributed by atoms with van der Waals surface area (Å²) in [5.41, 5.74) is 10.7. The molecule has 2 aliphatic rings. The summed E-state index contributed by atoms with van der Waals surface area (Å²) in [6.07, 6.45) is 8.36. The van der Waals surface area contributed by atoms with E-state index in [2.05, 4.69) is 130 Å². The minimum atomic E-state index is 0.588. The van der Waals surface area contributed by atoms with E-state index < -0.39 is 0 Å². The van der Waals surface area contributed by atoms with Gasteiger partial charge >= 0.3 is 0 Å². The number of rotatable bonds is 3. The first-order valence-electron chi connectivity index (χ1n) is 14.4. The topological polar surface area (TPSA) is 57.4 Å². The fourth-order valence-electron chi connectivity index (χ4n) is 6.67. The fourth-order valence-corrected chi connectivity index (χ4v) is 6.67. The summed E-state index contributed by atoms with van der Waals surface area (Å²) in [4.78, 5) is 0. The van der Waals surface area contributed by atoms with Crippen LogP contribution in [0, 0.1) is 34.5 Å². The zero-order chi connectivity index (χ0) is 28.9. The van der Waals surface area contributed by atoms with Crippen molar-refractivity contribution in [1.82, 2.24) is 9.13 Å². The SMILES string of the molecule is N#CC1=CC(n2c3ccccc3c3ccccc32)=C(c2ccc(C#N)cc2-n2c3c(c4ccccc42)C=CCC#C3)CC1. The Morgan fingerprint density at radius 2 is 1.37 bits per heavy atom. The van der Waals surface area contributed by atoms with Crippen LogP contribution in [-0.2, 0) is 0 Å². The molecule has 4 aromatic carbocycles. The number of nitrogens with zero attached hydrogens (tertiary/aromatic N) is 4. The van der Waals surface area contributed by atoms with Crippen LogP contribution >= 0.6 is 0 Å². The third-order valence-corrected chi connectivity index (χ3v) is 8.55. The molecule has 0 radical (unpaired) electrons. The van der Waals surface area contributed by atoms with Crippen LogP contribution in [0.25, 0.3) is 55.7 Å². The lowest BCUT2D eigenvalue weighted by Gasteiger charge is -2.24. The summed E-state index contributed by atoms with van der Waals surface area (Å²) < 4.78 is 4.53. The molecule has 4 nitrogen and oxygen atoms in total. The lowest BCUT2D eigenvalue weighted by molar-refractivity contribution is 0.989. The van der Waals surface area contributed by atoms with Crippen LogP contribution < -0.4 is 0 Å². The third kappa shape index (κ3) is 3.77. The number of hydrogen-bond acceptors (Lipinski definition) is 2. The molecule has 0 spiro atoms. The van der Waals surface area contributed by atoms with Gasteiger partial charge in [-0.15, -0.1) is 0 Å². The average molecular weight is 549 g/mol. The molecule has 2 aliphatic carbocycles. The maximum absolute atomic E-state index is 10.0. The van der Waals surface area contributed by atoms with Gasteiger partial charge in [0.25, 0.3) is 0 Å². The number of hydrogen-bond donors (Lipinski definition) is 0. The highest BCUT2D eigenvalue weighted by molar-refractivity contribution is 6.12. The minimum Gasteiger partial charge on any atom is -0.309 e. The van der Waals surface area contributed by atoms with Crippen molar-refractivity contribution in [1.29, 1.82) is 10.5 Å². The Morgan fingerprint density at radius 1 is 0.698 bits per heavy atom. The van der Waals surface area contributed by atoms with E-state index in [0.29, 0.717) is 24.8 Å². The first-order valence-corrected chi connectivity index (χ1v) is 14.4. The summed E-state index contributed by atoms with van der Waals surface area (Å²) in [6.45, 7) is 0. The largest absolute Gasteiger partial charge is 0.309 e. The van der Waals surface area contributed by atoms with Gasteiger partial charge in [-0.25, -0.2) is 0 Å². The van der Waals surface area contributed by atoms with Crippen molar-refractivity contribution in [2.75, 3.05) is 0 Å². The maximum atomic E-state index is 10.0. The summed E-state index contributed by atoms with van der Waals surface area (Å²) >= 11 is 0. The van der Waals surface area contributed by atoms with Gasteiger partial charge in [-0.3, -0.25) is 0 Å². The van der Waals surface area contributed by atoms with E-state index >= 15 is 0 Å². The van der Waals surface area contributed by atoms with Crippen molar-refractivity contribution < 1.29 is 0 Å². The van der Waals surface area contributed by atoms with E-state index in [1.165, 1.54) is 10.8 Å². The summed E-state index contributed by atoms with van der Waals surface area (Å²) in [5, 5.41) is 23.5. The van der Waals surface area contributed by atoms with Crippen LogP contribution in [0.2, 0.25) is 0 Å². The third-order valence-electron chi connectivity index (χ3n) is 8.55. The molecule has 0 fully saturated rings. The quantitative estimate of drug-likeness (QED) is 0.207. The Balaban J connectivity index is 1.51. The van der Waals surface area contributed by atoms with Crippen molar-refractivity contribution in [3.05, 3.63) is 131 Å². The van der Waals surface area contributed by atoms with Crippen molar-refractivity contribution in [3.8, 4) is 29.7 Å². The molecule has 0 amide bonds. The number of fused-ring (bicyclic) bond motifs is 6. The number of aromatic nitrogens is 2. The van der Waals surface area contributed by atoms with Crippen molar-refractivity contribution in [3.63, 3.8) is 0 Å². The van der Waals surface area contributed by atoms with Gasteiger partial charge in [0.05, 0.1) is 45.6 Å². The minimum absolute atomic E-state index is 0.588. The van der Waals surface area contributed by atoms with Gasteiger partial charge in [0.1, 0.15) is 5.69 Å². The van der Waals surface area contributed by atoms with Crippen molar-refractivity contribution in [2.45, 2.75) is 19.3 Å². The predicted molar refractivity (Wildman–Crippen MR) is 174 cm³/mol. The maximum Gasteiger partial charge on any atom is 0.105 e. The second-order valence-corrected chi connectivity index (χ2v) is 10.9. The zero-order valence-corrected chi connectivity index (χ0v) is 23.3. The molecular formula is C39H24N4. The number of benzene rings is 4. The molecular weight excluding hydrogens is 524 g/mol. The predicted octanol–water partition coefficient (Wildman–Crippen LogP) is 8.99. The monoisotopic (exact) mass is 548 g/mol. The van der Waals surface area contributed by atoms with Crippen LogP contribution in [-0.4, -0.2) is 9.13 Å². The van der Waals surface area contributed by atoms with Gasteiger partial charge in [0, 0.05) is 39.3 Å². The van der Waals surface area contributed by atoms with Crippen LogP contribution in [0.3, 0.4) is 0 Å². The Labute approximate surface area is 249 Å². The van der Waals surface area contributed by atoms with E-state index in [0.717, 1.165) is 61.3 Å². The molecule has 4 heteroatoms. The molecule has 200 valence electrons. The molecule has 0 bridgehead atoms. The van der Waals surface area contributed by atoms with E-state index in [9.17, 15) is 10.5 Å². The number of para-hydroxylation sites is 3.